The van der Waals surface area contributed by atoms with Crippen LogP contribution in [0.5, 0.6) is 0 Å². The maximum Gasteiger partial charge on any atom is 0.242 e. The van der Waals surface area contributed by atoms with E-state index in [1.54, 1.807) is 4.90 Å². The van der Waals surface area contributed by atoms with Gasteiger partial charge < -0.3 is 14.9 Å². The molecule has 22 heavy (non-hydrogen) atoms. The first kappa shape index (κ1) is 16.0. The Labute approximate surface area is 131 Å². The van der Waals surface area contributed by atoms with Crippen LogP contribution in [0, 0.1) is 0 Å². The van der Waals surface area contributed by atoms with Crippen molar-refractivity contribution in [2.75, 3.05) is 31.6 Å². The molecule has 116 valence electrons. The highest BCUT2D eigenvalue weighted by Gasteiger charge is 2.15. The minimum atomic E-state index is -0.0341. The minimum absolute atomic E-state index is 0.00394. The number of aliphatic hydroxyl groups is 1. The highest BCUT2D eigenvalue weighted by atomic mass is 16.3. The normalized spacial score (nSPS) is 10.3. The summed E-state index contributed by atoms with van der Waals surface area (Å²) in [6.07, 6.45) is 0. The Morgan fingerprint density at radius 1 is 1.00 bits per heavy atom. The number of hydrogen-bond donors (Lipinski definition) is 1. The lowest BCUT2D eigenvalue weighted by molar-refractivity contribution is -0.130. The fourth-order valence-electron chi connectivity index (χ4n) is 2.29. The molecular formula is C18H22N2O2. The molecule has 0 bridgehead atoms. The second-order valence-corrected chi connectivity index (χ2v) is 5.22. The van der Waals surface area contributed by atoms with E-state index in [4.69, 9.17) is 0 Å². The van der Waals surface area contributed by atoms with Crippen LogP contribution in [0.4, 0.5) is 5.69 Å². The standard InChI is InChI=1S/C18H22N2O2/c1-19(17-10-6-3-7-11-17)15-18(22)20(12-13-21)14-16-8-4-2-5-9-16/h2-11,21H,12-15H2,1H3. The fourth-order valence-corrected chi connectivity index (χ4v) is 2.29. The molecule has 0 spiro atoms. The molecule has 4 heteroatoms. The van der Waals surface area contributed by atoms with Crippen molar-refractivity contribution in [2.24, 2.45) is 0 Å². The molecule has 2 aromatic carbocycles. The lowest BCUT2D eigenvalue weighted by Crippen LogP contribution is -2.40. The molecule has 0 saturated heterocycles. The van der Waals surface area contributed by atoms with Gasteiger partial charge in [0.2, 0.25) is 5.91 Å². The summed E-state index contributed by atoms with van der Waals surface area (Å²) >= 11 is 0. The third-order valence-electron chi connectivity index (χ3n) is 3.51. The van der Waals surface area contributed by atoms with Gasteiger partial charge in [-0.15, -0.1) is 0 Å². The zero-order valence-corrected chi connectivity index (χ0v) is 12.9. The van der Waals surface area contributed by atoms with Crippen LogP contribution in [0.25, 0.3) is 0 Å². The van der Waals surface area contributed by atoms with Gasteiger partial charge in [-0.05, 0) is 17.7 Å². The Kier molecular flexibility index (Phi) is 5.98. The van der Waals surface area contributed by atoms with Gasteiger partial charge in [0.25, 0.3) is 0 Å². The second kappa shape index (κ2) is 8.20. The fraction of sp³-hybridized carbons (Fsp3) is 0.278. The number of carbonyl (C=O) groups is 1. The maximum atomic E-state index is 12.5. The molecule has 0 aliphatic carbocycles. The van der Waals surface area contributed by atoms with Gasteiger partial charge in [0.15, 0.2) is 0 Å². The Balaban J connectivity index is 2.00. The van der Waals surface area contributed by atoms with E-state index in [-0.39, 0.29) is 19.1 Å². The number of likely N-dealkylation sites (N-methyl/N-ethyl adjacent to an activating group) is 1. The van der Waals surface area contributed by atoms with E-state index >= 15 is 0 Å². The molecule has 2 rings (SSSR count). The molecule has 0 unspecified atom stereocenters. The number of aliphatic hydroxyl groups excluding tert-OH is 1. The number of amides is 1. The lowest BCUT2D eigenvalue weighted by atomic mass is 10.2. The average molecular weight is 298 g/mol. The summed E-state index contributed by atoms with van der Waals surface area (Å²) in [4.78, 5) is 16.1. The summed E-state index contributed by atoms with van der Waals surface area (Å²) in [6, 6.07) is 19.6. The van der Waals surface area contributed by atoms with E-state index in [1.807, 2.05) is 72.6 Å². The van der Waals surface area contributed by atoms with Gasteiger partial charge in [0.1, 0.15) is 0 Å². The van der Waals surface area contributed by atoms with Crippen LogP contribution in [-0.2, 0) is 11.3 Å². The van der Waals surface area contributed by atoms with Gasteiger partial charge in [-0.3, -0.25) is 4.79 Å². The average Bonchev–Trinajstić information content (AvgIpc) is 2.56. The Morgan fingerprint density at radius 2 is 1.59 bits per heavy atom. The Morgan fingerprint density at radius 3 is 2.18 bits per heavy atom. The van der Waals surface area contributed by atoms with E-state index in [9.17, 15) is 9.90 Å². The zero-order valence-electron chi connectivity index (χ0n) is 12.9. The SMILES string of the molecule is CN(CC(=O)N(CCO)Cc1ccccc1)c1ccccc1. The van der Waals surface area contributed by atoms with Gasteiger partial charge in [0.05, 0.1) is 13.2 Å². The first-order chi connectivity index (χ1) is 10.7. The number of nitrogens with zero attached hydrogens (tertiary/aromatic N) is 2. The number of benzene rings is 2. The van der Waals surface area contributed by atoms with E-state index < -0.39 is 0 Å². The molecule has 4 nitrogen and oxygen atoms in total. The monoisotopic (exact) mass is 298 g/mol. The number of para-hydroxylation sites is 1. The van der Waals surface area contributed by atoms with Crippen molar-refractivity contribution in [2.45, 2.75) is 6.54 Å². The van der Waals surface area contributed by atoms with Crippen molar-refractivity contribution in [1.82, 2.24) is 4.90 Å². The number of anilines is 1. The van der Waals surface area contributed by atoms with E-state index in [0.717, 1.165) is 11.3 Å². The van der Waals surface area contributed by atoms with Crippen molar-refractivity contribution in [3.05, 3.63) is 66.2 Å². The highest BCUT2D eigenvalue weighted by Crippen LogP contribution is 2.12. The number of carbonyl (C=O) groups excluding carboxylic acids is 1. The third-order valence-corrected chi connectivity index (χ3v) is 3.51. The Bertz CT molecular complexity index is 572. The number of rotatable bonds is 7. The van der Waals surface area contributed by atoms with Crippen molar-refractivity contribution in [1.29, 1.82) is 0 Å². The van der Waals surface area contributed by atoms with Gasteiger partial charge >= 0.3 is 0 Å². The van der Waals surface area contributed by atoms with Crippen molar-refractivity contribution >= 4 is 11.6 Å². The molecule has 0 fully saturated rings. The molecule has 0 aromatic heterocycles. The predicted molar refractivity (Wildman–Crippen MR) is 88.7 cm³/mol. The third kappa shape index (κ3) is 4.60. The van der Waals surface area contributed by atoms with Crippen LogP contribution in [0.1, 0.15) is 5.56 Å². The topological polar surface area (TPSA) is 43.8 Å². The molecule has 0 aliphatic rings. The first-order valence-corrected chi connectivity index (χ1v) is 7.39. The summed E-state index contributed by atoms with van der Waals surface area (Å²) in [5, 5.41) is 9.21. The summed E-state index contributed by atoms with van der Waals surface area (Å²) < 4.78 is 0. The summed E-state index contributed by atoms with van der Waals surface area (Å²) in [6.45, 7) is 1.11. The van der Waals surface area contributed by atoms with Crippen LogP contribution in [0.15, 0.2) is 60.7 Å². The van der Waals surface area contributed by atoms with Gasteiger partial charge in [-0.1, -0.05) is 48.5 Å². The predicted octanol–water partition coefficient (Wildman–Crippen LogP) is 2.14. The van der Waals surface area contributed by atoms with Gasteiger partial charge in [-0.2, -0.15) is 0 Å². The summed E-state index contributed by atoms with van der Waals surface area (Å²) in [7, 11) is 1.90. The van der Waals surface area contributed by atoms with Crippen LogP contribution in [0.2, 0.25) is 0 Å². The van der Waals surface area contributed by atoms with Crippen LogP contribution < -0.4 is 4.90 Å². The zero-order chi connectivity index (χ0) is 15.8. The molecule has 0 heterocycles. The molecule has 1 N–H and O–H groups in total. The summed E-state index contributed by atoms with van der Waals surface area (Å²) in [5.41, 5.74) is 2.06. The smallest absolute Gasteiger partial charge is 0.242 e. The van der Waals surface area contributed by atoms with Crippen LogP contribution in [-0.4, -0.2) is 42.7 Å². The second-order valence-electron chi connectivity index (χ2n) is 5.22. The molecule has 0 aliphatic heterocycles. The van der Waals surface area contributed by atoms with Gasteiger partial charge in [-0.25, -0.2) is 0 Å². The Hall–Kier alpha value is -2.33. The van der Waals surface area contributed by atoms with Crippen LogP contribution >= 0.6 is 0 Å². The largest absolute Gasteiger partial charge is 0.395 e. The first-order valence-electron chi connectivity index (χ1n) is 7.39. The molecular weight excluding hydrogens is 276 g/mol. The van der Waals surface area contributed by atoms with Crippen LogP contribution in [0.3, 0.4) is 0 Å². The van der Waals surface area contributed by atoms with Crippen molar-refractivity contribution < 1.29 is 9.90 Å². The minimum Gasteiger partial charge on any atom is -0.395 e. The van der Waals surface area contributed by atoms with E-state index in [0.29, 0.717) is 13.1 Å². The van der Waals surface area contributed by atoms with Gasteiger partial charge in [0, 0.05) is 25.8 Å². The molecule has 0 radical (unpaired) electrons. The number of hydrogen-bond acceptors (Lipinski definition) is 3. The molecule has 0 atom stereocenters. The molecule has 2 aromatic rings. The van der Waals surface area contributed by atoms with E-state index in [2.05, 4.69) is 0 Å². The molecule has 1 amide bonds. The lowest BCUT2D eigenvalue weighted by Gasteiger charge is -2.26. The summed E-state index contributed by atoms with van der Waals surface area (Å²) in [5.74, 6) is 0.00394. The van der Waals surface area contributed by atoms with E-state index in [1.165, 1.54) is 0 Å². The maximum absolute atomic E-state index is 12.5. The van der Waals surface area contributed by atoms with Crippen molar-refractivity contribution in [3.8, 4) is 0 Å². The van der Waals surface area contributed by atoms with Crippen molar-refractivity contribution in [3.63, 3.8) is 0 Å². The quantitative estimate of drug-likeness (QED) is 0.852. The highest BCUT2D eigenvalue weighted by molar-refractivity contribution is 5.81. The molecule has 0 saturated carbocycles.